The van der Waals surface area contributed by atoms with Crippen LogP contribution < -0.4 is 16.4 Å². The first-order chi connectivity index (χ1) is 11.6. The third-order valence-electron chi connectivity index (χ3n) is 3.65. The molecule has 0 aromatic heterocycles. The average molecular weight is 325 g/mol. The number of hydrogen-bond acceptors (Lipinski definition) is 3. The second-order valence-corrected chi connectivity index (χ2v) is 5.58. The van der Waals surface area contributed by atoms with Crippen molar-refractivity contribution in [2.45, 2.75) is 25.9 Å². The Kier molecular flexibility index (Phi) is 6.51. The van der Waals surface area contributed by atoms with Crippen molar-refractivity contribution in [2.24, 2.45) is 5.73 Å². The van der Waals surface area contributed by atoms with E-state index in [1.807, 2.05) is 55.5 Å². The summed E-state index contributed by atoms with van der Waals surface area (Å²) in [6.45, 7) is 3.10. The SMILES string of the molecule is CCCNC(=O)c1cccc(CN[C@H](C(N)=O)c2ccccc2)c1. The molecule has 0 aliphatic rings. The molecule has 0 saturated heterocycles. The van der Waals surface area contributed by atoms with Crippen molar-refractivity contribution >= 4 is 11.8 Å². The topological polar surface area (TPSA) is 84.2 Å². The molecule has 2 rings (SSSR count). The molecule has 4 N–H and O–H groups in total. The molecule has 2 aromatic rings. The van der Waals surface area contributed by atoms with Crippen molar-refractivity contribution < 1.29 is 9.59 Å². The van der Waals surface area contributed by atoms with Gasteiger partial charge in [0, 0.05) is 18.7 Å². The summed E-state index contributed by atoms with van der Waals surface area (Å²) in [6.07, 6.45) is 0.893. The zero-order chi connectivity index (χ0) is 17.4. The summed E-state index contributed by atoms with van der Waals surface area (Å²) in [5, 5.41) is 6.01. The second kappa shape index (κ2) is 8.84. The Morgan fingerprint density at radius 1 is 1.08 bits per heavy atom. The van der Waals surface area contributed by atoms with Gasteiger partial charge in [-0.15, -0.1) is 0 Å². The molecule has 126 valence electrons. The van der Waals surface area contributed by atoms with Gasteiger partial charge >= 0.3 is 0 Å². The molecule has 24 heavy (non-hydrogen) atoms. The van der Waals surface area contributed by atoms with Crippen LogP contribution in [-0.4, -0.2) is 18.4 Å². The smallest absolute Gasteiger partial charge is 0.251 e. The normalized spacial score (nSPS) is 11.7. The molecule has 2 aromatic carbocycles. The van der Waals surface area contributed by atoms with E-state index < -0.39 is 11.9 Å². The maximum atomic E-state index is 12.0. The minimum Gasteiger partial charge on any atom is -0.368 e. The summed E-state index contributed by atoms with van der Waals surface area (Å²) in [5.74, 6) is -0.522. The lowest BCUT2D eigenvalue weighted by molar-refractivity contribution is -0.120. The van der Waals surface area contributed by atoms with E-state index in [1.165, 1.54) is 0 Å². The highest BCUT2D eigenvalue weighted by Gasteiger charge is 2.16. The van der Waals surface area contributed by atoms with Crippen LogP contribution in [0.2, 0.25) is 0 Å². The monoisotopic (exact) mass is 325 g/mol. The van der Waals surface area contributed by atoms with E-state index in [0.29, 0.717) is 18.7 Å². The number of carbonyl (C=O) groups is 2. The lowest BCUT2D eigenvalue weighted by Crippen LogP contribution is -2.33. The van der Waals surface area contributed by atoms with Crippen molar-refractivity contribution in [3.63, 3.8) is 0 Å². The summed E-state index contributed by atoms with van der Waals surface area (Å²) >= 11 is 0. The summed E-state index contributed by atoms with van der Waals surface area (Å²) in [5.41, 5.74) is 7.85. The number of benzene rings is 2. The van der Waals surface area contributed by atoms with Crippen LogP contribution in [0.25, 0.3) is 0 Å². The predicted octanol–water partition coefficient (Wildman–Crippen LogP) is 2.14. The van der Waals surface area contributed by atoms with E-state index in [4.69, 9.17) is 5.73 Å². The fraction of sp³-hybridized carbons (Fsp3) is 0.263. The molecule has 0 fully saturated rings. The average Bonchev–Trinajstić information content (AvgIpc) is 2.60. The van der Waals surface area contributed by atoms with Gasteiger partial charge in [-0.25, -0.2) is 0 Å². The molecule has 0 unspecified atom stereocenters. The third kappa shape index (κ3) is 4.93. The van der Waals surface area contributed by atoms with Crippen LogP contribution in [0.1, 0.15) is 40.9 Å². The summed E-state index contributed by atoms with van der Waals surface area (Å²) < 4.78 is 0. The molecule has 1 atom stereocenters. The zero-order valence-electron chi connectivity index (χ0n) is 13.8. The number of rotatable bonds is 8. The number of amides is 2. The van der Waals surface area contributed by atoms with Crippen molar-refractivity contribution in [3.05, 3.63) is 71.3 Å². The fourth-order valence-electron chi connectivity index (χ4n) is 2.41. The van der Waals surface area contributed by atoms with Crippen molar-refractivity contribution in [1.29, 1.82) is 0 Å². The van der Waals surface area contributed by atoms with Crippen LogP contribution in [0.15, 0.2) is 54.6 Å². The molecule has 0 radical (unpaired) electrons. The van der Waals surface area contributed by atoms with Gasteiger partial charge in [-0.2, -0.15) is 0 Å². The Morgan fingerprint density at radius 2 is 1.83 bits per heavy atom. The number of nitrogens with two attached hydrogens (primary N) is 1. The number of hydrogen-bond donors (Lipinski definition) is 3. The molecular weight excluding hydrogens is 302 g/mol. The highest BCUT2D eigenvalue weighted by atomic mass is 16.2. The lowest BCUT2D eigenvalue weighted by atomic mass is 10.1. The van der Waals surface area contributed by atoms with Gasteiger partial charge in [0.1, 0.15) is 6.04 Å². The highest BCUT2D eigenvalue weighted by Crippen LogP contribution is 2.13. The first-order valence-electron chi connectivity index (χ1n) is 8.06. The molecular formula is C19H23N3O2. The Hall–Kier alpha value is -2.66. The first-order valence-corrected chi connectivity index (χ1v) is 8.06. The van der Waals surface area contributed by atoms with Gasteiger partial charge in [0.15, 0.2) is 0 Å². The summed E-state index contributed by atoms with van der Waals surface area (Å²) in [7, 11) is 0. The molecule has 5 nitrogen and oxygen atoms in total. The Bertz CT molecular complexity index is 686. The third-order valence-corrected chi connectivity index (χ3v) is 3.65. The minimum atomic E-state index is -0.566. The predicted molar refractivity (Wildman–Crippen MR) is 94.3 cm³/mol. The first kappa shape index (κ1) is 17.7. The van der Waals surface area contributed by atoms with Crippen molar-refractivity contribution in [3.8, 4) is 0 Å². The molecule has 0 spiro atoms. The van der Waals surface area contributed by atoms with E-state index in [1.54, 1.807) is 6.07 Å². The van der Waals surface area contributed by atoms with Gasteiger partial charge in [-0.05, 0) is 29.7 Å². The van der Waals surface area contributed by atoms with Crippen LogP contribution >= 0.6 is 0 Å². The van der Waals surface area contributed by atoms with E-state index in [-0.39, 0.29) is 5.91 Å². The van der Waals surface area contributed by atoms with E-state index >= 15 is 0 Å². The molecule has 0 aliphatic carbocycles. The molecule has 0 bridgehead atoms. The van der Waals surface area contributed by atoms with E-state index in [0.717, 1.165) is 17.5 Å². The fourth-order valence-corrected chi connectivity index (χ4v) is 2.41. The summed E-state index contributed by atoms with van der Waals surface area (Å²) in [4.78, 5) is 23.7. The van der Waals surface area contributed by atoms with Gasteiger partial charge < -0.3 is 11.1 Å². The highest BCUT2D eigenvalue weighted by molar-refractivity contribution is 5.94. The van der Waals surface area contributed by atoms with Gasteiger partial charge in [-0.3, -0.25) is 14.9 Å². The largest absolute Gasteiger partial charge is 0.368 e. The Labute approximate surface area is 142 Å². The molecule has 0 heterocycles. The van der Waals surface area contributed by atoms with Gasteiger partial charge in [0.25, 0.3) is 5.91 Å². The van der Waals surface area contributed by atoms with Crippen molar-refractivity contribution in [2.75, 3.05) is 6.54 Å². The summed E-state index contributed by atoms with van der Waals surface area (Å²) in [6, 6.07) is 16.1. The van der Waals surface area contributed by atoms with E-state index in [9.17, 15) is 9.59 Å². The van der Waals surface area contributed by atoms with Crippen LogP contribution in [0, 0.1) is 0 Å². The van der Waals surface area contributed by atoms with Crippen LogP contribution in [0.5, 0.6) is 0 Å². The van der Waals surface area contributed by atoms with Crippen LogP contribution in [0.4, 0.5) is 0 Å². The minimum absolute atomic E-state index is 0.0896. The van der Waals surface area contributed by atoms with Crippen molar-refractivity contribution in [1.82, 2.24) is 10.6 Å². The molecule has 2 amide bonds. The number of primary amides is 1. The number of carbonyl (C=O) groups excluding carboxylic acids is 2. The number of nitrogens with one attached hydrogen (secondary N) is 2. The van der Waals surface area contributed by atoms with Gasteiger partial charge in [0.2, 0.25) is 5.91 Å². The van der Waals surface area contributed by atoms with Gasteiger partial charge in [-0.1, -0.05) is 49.4 Å². The second-order valence-electron chi connectivity index (χ2n) is 5.58. The molecule has 0 saturated carbocycles. The van der Waals surface area contributed by atoms with Gasteiger partial charge in [0.05, 0.1) is 0 Å². The Balaban J connectivity index is 2.05. The molecule has 5 heteroatoms. The zero-order valence-corrected chi connectivity index (χ0v) is 13.8. The van der Waals surface area contributed by atoms with Crippen LogP contribution in [-0.2, 0) is 11.3 Å². The van der Waals surface area contributed by atoms with E-state index in [2.05, 4.69) is 10.6 Å². The maximum absolute atomic E-state index is 12.0. The lowest BCUT2D eigenvalue weighted by Gasteiger charge is -2.16. The standard InChI is InChI=1S/C19H23N3O2/c1-2-11-21-19(24)16-10-6-7-14(12-16)13-22-17(18(20)23)15-8-4-3-5-9-15/h3-10,12,17,22H,2,11,13H2,1H3,(H2,20,23)(H,21,24)/t17-/m0/s1. The maximum Gasteiger partial charge on any atom is 0.251 e. The quantitative estimate of drug-likeness (QED) is 0.695. The Morgan fingerprint density at radius 3 is 2.50 bits per heavy atom. The molecule has 0 aliphatic heterocycles. The van der Waals surface area contributed by atoms with Crippen LogP contribution in [0.3, 0.4) is 0 Å².